The van der Waals surface area contributed by atoms with Crippen LogP contribution in [0.15, 0.2) is 36.7 Å². The molecule has 0 bridgehead atoms. The van der Waals surface area contributed by atoms with Gasteiger partial charge in [0.2, 0.25) is 5.82 Å². The van der Waals surface area contributed by atoms with Crippen LogP contribution in [-0.2, 0) is 7.05 Å². The van der Waals surface area contributed by atoms with E-state index >= 15 is 4.39 Å². The zero-order chi connectivity index (χ0) is 24.4. The Kier molecular flexibility index (Phi) is 4.88. The van der Waals surface area contributed by atoms with Gasteiger partial charge in [0.15, 0.2) is 23.9 Å². The number of nitrogens with zero attached hydrogens (tertiary/aromatic N) is 4. The Bertz CT molecular complexity index is 1440. The van der Waals surface area contributed by atoms with Gasteiger partial charge in [0.1, 0.15) is 0 Å². The highest BCUT2D eigenvalue weighted by Gasteiger charge is 2.44. The first-order valence-electron chi connectivity index (χ1n) is 10.4. The number of aryl methyl sites for hydroxylation is 1. The zero-order valence-electron chi connectivity index (χ0n) is 18.4. The third kappa shape index (κ3) is 3.39. The number of carbonyl (C=O) groups is 1. The molecule has 176 valence electrons. The fraction of sp³-hybridized carbons (Fsp3) is 0.261. The van der Waals surface area contributed by atoms with Gasteiger partial charge in [-0.1, -0.05) is 0 Å². The molecule has 0 saturated carbocycles. The summed E-state index contributed by atoms with van der Waals surface area (Å²) in [5.41, 5.74) is 2.74. The molecule has 7 nitrogen and oxygen atoms in total. The molecule has 1 unspecified atom stereocenters. The number of anilines is 1. The van der Waals surface area contributed by atoms with Crippen LogP contribution in [-0.4, -0.2) is 38.2 Å². The minimum atomic E-state index is -3.22. The summed E-state index contributed by atoms with van der Waals surface area (Å²) in [6, 6.07) is 6.34. The normalized spacial score (nSPS) is 15.9. The summed E-state index contributed by atoms with van der Waals surface area (Å²) in [4.78, 5) is 21.9. The quantitative estimate of drug-likeness (QED) is 0.428. The highest BCUT2D eigenvalue weighted by Crippen LogP contribution is 2.45. The van der Waals surface area contributed by atoms with Crippen LogP contribution in [0.1, 0.15) is 40.3 Å². The lowest BCUT2D eigenvalue weighted by Crippen LogP contribution is -2.30. The number of halogens is 4. The van der Waals surface area contributed by atoms with Crippen molar-refractivity contribution in [3.05, 3.63) is 70.8 Å². The molecule has 1 atom stereocenters. The Balaban J connectivity index is 1.65. The van der Waals surface area contributed by atoms with Gasteiger partial charge in [-0.15, -0.1) is 0 Å². The standard InChI is InChI=1S/C23H19F4N5O2/c1-11-17-20(30-31(11)3)22(33)32(12-4-6-14-15(8-12)29-10-28-14)21(17)13-5-7-16(19(25)18(13)24)34-9-23(2,26)27/h4-8,10,21H,9H2,1-3H3,(H,28,29). The third-order valence-corrected chi connectivity index (χ3v) is 5.87. The number of aromatic nitrogens is 4. The number of hydrogen-bond acceptors (Lipinski definition) is 4. The second kappa shape index (κ2) is 7.57. The molecule has 34 heavy (non-hydrogen) atoms. The van der Waals surface area contributed by atoms with E-state index in [1.54, 1.807) is 32.2 Å². The molecule has 1 aliphatic rings. The number of H-pyrrole nitrogens is 1. The monoisotopic (exact) mass is 473 g/mol. The number of fused-ring (bicyclic) bond motifs is 2. The highest BCUT2D eigenvalue weighted by atomic mass is 19.3. The number of imidazole rings is 1. The van der Waals surface area contributed by atoms with Crippen LogP contribution in [0.4, 0.5) is 23.2 Å². The van der Waals surface area contributed by atoms with E-state index in [0.29, 0.717) is 29.4 Å². The summed E-state index contributed by atoms with van der Waals surface area (Å²) in [7, 11) is 1.65. The van der Waals surface area contributed by atoms with Crippen LogP contribution in [0.25, 0.3) is 11.0 Å². The van der Waals surface area contributed by atoms with E-state index in [1.807, 2.05) is 0 Å². The van der Waals surface area contributed by atoms with Crippen LogP contribution in [0.5, 0.6) is 5.75 Å². The number of amides is 1. The van der Waals surface area contributed by atoms with Crippen molar-refractivity contribution in [3.63, 3.8) is 0 Å². The highest BCUT2D eigenvalue weighted by molar-refractivity contribution is 6.11. The van der Waals surface area contributed by atoms with E-state index < -0.39 is 41.9 Å². The van der Waals surface area contributed by atoms with E-state index in [4.69, 9.17) is 4.74 Å². The van der Waals surface area contributed by atoms with Crippen LogP contribution in [0.2, 0.25) is 0 Å². The molecule has 0 spiro atoms. The number of alkyl halides is 2. The van der Waals surface area contributed by atoms with Gasteiger partial charge in [-0.2, -0.15) is 9.49 Å². The second-order valence-corrected chi connectivity index (χ2v) is 8.29. The van der Waals surface area contributed by atoms with Gasteiger partial charge in [0, 0.05) is 36.5 Å². The van der Waals surface area contributed by atoms with E-state index in [1.165, 1.54) is 22.0 Å². The Labute approximate surface area is 191 Å². The first-order valence-corrected chi connectivity index (χ1v) is 10.4. The molecular formula is C23H19F4N5O2. The molecule has 1 N–H and O–H groups in total. The Morgan fingerprint density at radius 2 is 1.94 bits per heavy atom. The lowest BCUT2D eigenvalue weighted by Gasteiger charge is -2.27. The maximum absolute atomic E-state index is 15.4. The van der Waals surface area contributed by atoms with Crippen molar-refractivity contribution in [2.75, 3.05) is 11.5 Å². The fourth-order valence-corrected chi connectivity index (χ4v) is 4.18. The van der Waals surface area contributed by atoms with E-state index in [9.17, 15) is 18.0 Å². The first-order chi connectivity index (χ1) is 16.1. The topological polar surface area (TPSA) is 76.0 Å². The minimum Gasteiger partial charge on any atom is -0.484 e. The number of benzene rings is 2. The predicted octanol–water partition coefficient (Wildman–Crippen LogP) is 4.67. The van der Waals surface area contributed by atoms with Crippen molar-refractivity contribution in [1.29, 1.82) is 0 Å². The van der Waals surface area contributed by atoms with Gasteiger partial charge in [-0.25, -0.2) is 18.2 Å². The molecular weight excluding hydrogens is 454 g/mol. The number of ether oxygens (including phenoxy) is 1. The van der Waals surface area contributed by atoms with Crippen molar-refractivity contribution >= 4 is 22.6 Å². The molecule has 2 aromatic carbocycles. The predicted molar refractivity (Wildman–Crippen MR) is 115 cm³/mol. The Morgan fingerprint density at radius 3 is 2.68 bits per heavy atom. The van der Waals surface area contributed by atoms with Gasteiger partial charge >= 0.3 is 0 Å². The van der Waals surface area contributed by atoms with Gasteiger partial charge in [-0.3, -0.25) is 14.4 Å². The first kappa shape index (κ1) is 21.9. The number of carbonyl (C=O) groups excluding carboxylic acids is 1. The van der Waals surface area contributed by atoms with Crippen LogP contribution in [0.3, 0.4) is 0 Å². The summed E-state index contributed by atoms with van der Waals surface area (Å²) in [5.74, 6) is -7.05. The SMILES string of the molecule is Cc1c2c(nn1C)C(=O)N(c1ccc3[nH]cnc3c1)C2c1ccc(OCC(C)(F)F)c(F)c1F. The second-order valence-electron chi connectivity index (χ2n) is 8.29. The van der Waals surface area contributed by atoms with Gasteiger partial charge in [0.05, 0.1) is 23.4 Å². The molecule has 4 aromatic rings. The third-order valence-electron chi connectivity index (χ3n) is 5.87. The van der Waals surface area contributed by atoms with Crippen LogP contribution < -0.4 is 9.64 Å². The van der Waals surface area contributed by atoms with E-state index in [-0.39, 0.29) is 11.3 Å². The van der Waals surface area contributed by atoms with Crippen molar-refractivity contribution in [2.45, 2.75) is 25.8 Å². The van der Waals surface area contributed by atoms with Crippen molar-refractivity contribution in [2.24, 2.45) is 7.05 Å². The molecule has 0 saturated heterocycles. The molecule has 0 radical (unpaired) electrons. The largest absolute Gasteiger partial charge is 0.484 e. The Morgan fingerprint density at radius 1 is 1.18 bits per heavy atom. The van der Waals surface area contributed by atoms with Crippen molar-refractivity contribution < 1.29 is 27.1 Å². The maximum atomic E-state index is 15.4. The number of nitrogens with one attached hydrogen (secondary N) is 1. The van der Waals surface area contributed by atoms with Gasteiger partial charge < -0.3 is 9.72 Å². The summed E-state index contributed by atoms with van der Waals surface area (Å²) in [6.45, 7) is 1.23. The van der Waals surface area contributed by atoms with Gasteiger partial charge in [-0.05, 0) is 37.3 Å². The number of hydrogen-bond donors (Lipinski definition) is 1. The number of aromatic amines is 1. The average Bonchev–Trinajstić information content (AvgIpc) is 3.44. The minimum absolute atomic E-state index is 0.123. The van der Waals surface area contributed by atoms with Crippen LogP contribution in [0, 0.1) is 18.6 Å². The van der Waals surface area contributed by atoms with E-state index in [2.05, 4.69) is 15.1 Å². The smallest absolute Gasteiger partial charge is 0.280 e. The van der Waals surface area contributed by atoms with Crippen molar-refractivity contribution in [3.8, 4) is 5.75 Å². The van der Waals surface area contributed by atoms with Gasteiger partial charge in [0.25, 0.3) is 11.8 Å². The number of rotatable bonds is 5. The summed E-state index contributed by atoms with van der Waals surface area (Å²) in [5, 5.41) is 4.28. The molecule has 11 heteroatoms. The maximum Gasteiger partial charge on any atom is 0.280 e. The average molecular weight is 473 g/mol. The molecule has 1 aliphatic heterocycles. The lowest BCUT2D eigenvalue weighted by molar-refractivity contribution is -0.0241. The molecule has 3 heterocycles. The lowest BCUT2D eigenvalue weighted by atomic mass is 9.97. The zero-order valence-corrected chi connectivity index (χ0v) is 18.4. The van der Waals surface area contributed by atoms with Crippen LogP contribution >= 0.6 is 0 Å². The summed E-state index contributed by atoms with van der Waals surface area (Å²) < 4.78 is 62.8. The summed E-state index contributed by atoms with van der Waals surface area (Å²) >= 11 is 0. The summed E-state index contributed by atoms with van der Waals surface area (Å²) in [6.07, 6.45) is 1.51. The van der Waals surface area contributed by atoms with E-state index in [0.717, 1.165) is 11.6 Å². The molecule has 2 aromatic heterocycles. The molecule has 0 fully saturated rings. The molecule has 5 rings (SSSR count). The molecule has 1 amide bonds. The fourth-order valence-electron chi connectivity index (χ4n) is 4.18. The van der Waals surface area contributed by atoms with Crippen molar-refractivity contribution in [1.82, 2.24) is 19.7 Å². The molecule has 0 aliphatic carbocycles. The Hall–Kier alpha value is -3.89.